The lowest BCUT2D eigenvalue weighted by Gasteiger charge is -2.10. The molecular formula is C8H14O. The molecule has 0 saturated heterocycles. The molecule has 0 aromatic carbocycles. The first-order valence-electron chi connectivity index (χ1n) is 3.26. The number of rotatable bonds is 3. The molecule has 0 unspecified atom stereocenters. The molecule has 0 aliphatic rings. The van der Waals surface area contributed by atoms with Crippen LogP contribution in [0.25, 0.3) is 0 Å². The van der Waals surface area contributed by atoms with Crippen LogP contribution in [0.1, 0.15) is 20.8 Å². The van der Waals surface area contributed by atoms with Gasteiger partial charge in [-0.15, -0.1) is 0 Å². The van der Waals surface area contributed by atoms with Crippen LogP contribution in [0.15, 0.2) is 12.7 Å². The molecule has 0 rings (SSSR count). The molecule has 0 amide bonds. The summed E-state index contributed by atoms with van der Waals surface area (Å²) < 4.78 is 0. The van der Waals surface area contributed by atoms with Crippen LogP contribution in [0, 0.1) is 11.8 Å². The van der Waals surface area contributed by atoms with Crippen molar-refractivity contribution in [3.63, 3.8) is 0 Å². The molecule has 0 saturated carbocycles. The second kappa shape index (κ2) is 3.44. The van der Waals surface area contributed by atoms with E-state index in [1.807, 2.05) is 20.8 Å². The van der Waals surface area contributed by atoms with Crippen LogP contribution in [0.2, 0.25) is 0 Å². The van der Waals surface area contributed by atoms with Crippen LogP contribution in [0.3, 0.4) is 0 Å². The van der Waals surface area contributed by atoms with Gasteiger partial charge in [0.05, 0.1) is 0 Å². The smallest absolute Gasteiger partial charge is 0.158 e. The third kappa shape index (κ3) is 2.45. The van der Waals surface area contributed by atoms with E-state index < -0.39 is 0 Å². The number of carbonyl (C=O) groups is 1. The molecular weight excluding hydrogens is 112 g/mol. The van der Waals surface area contributed by atoms with Crippen molar-refractivity contribution in [2.45, 2.75) is 20.8 Å². The lowest BCUT2D eigenvalue weighted by Crippen LogP contribution is -2.13. The van der Waals surface area contributed by atoms with Crippen LogP contribution in [0.5, 0.6) is 0 Å². The summed E-state index contributed by atoms with van der Waals surface area (Å²) >= 11 is 0. The van der Waals surface area contributed by atoms with E-state index in [0.29, 0.717) is 5.92 Å². The molecule has 0 spiro atoms. The largest absolute Gasteiger partial charge is 0.295 e. The molecule has 1 nitrogen and oxygen atoms in total. The summed E-state index contributed by atoms with van der Waals surface area (Å²) in [4.78, 5) is 10.8. The van der Waals surface area contributed by atoms with E-state index in [4.69, 9.17) is 0 Å². The topological polar surface area (TPSA) is 17.1 Å². The first-order chi connectivity index (χ1) is 4.09. The third-order valence-corrected chi connectivity index (χ3v) is 1.65. The Morgan fingerprint density at radius 2 is 1.89 bits per heavy atom. The van der Waals surface area contributed by atoms with E-state index in [9.17, 15) is 4.79 Å². The molecule has 0 heterocycles. The monoisotopic (exact) mass is 126 g/mol. The van der Waals surface area contributed by atoms with Gasteiger partial charge in [-0.1, -0.05) is 27.4 Å². The third-order valence-electron chi connectivity index (χ3n) is 1.65. The van der Waals surface area contributed by atoms with Crippen molar-refractivity contribution in [3.8, 4) is 0 Å². The van der Waals surface area contributed by atoms with Gasteiger partial charge < -0.3 is 0 Å². The van der Waals surface area contributed by atoms with Gasteiger partial charge in [-0.25, -0.2) is 0 Å². The van der Waals surface area contributed by atoms with Gasteiger partial charge >= 0.3 is 0 Å². The molecule has 0 bridgehead atoms. The van der Waals surface area contributed by atoms with Gasteiger partial charge in [-0.05, 0) is 12.0 Å². The van der Waals surface area contributed by atoms with Crippen LogP contribution in [0.4, 0.5) is 0 Å². The van der Waals surface area contributed by atoms with Crippen molar-refractivity contribution in [2.24, 2.45) is 11.8 Å². The second-order valence-electron chi connectivity index (χ2n) is 2.64. The zero-order chi connectivity index (χ0) is 7.44. The maximum atomic E-state index is 10.8. The van der Waals surface area contributed by atoms with Gasteiger partial charge in [0.1, 0.15) is 0 Å². The van der Waals surface area contributed by atoms with E-state index >= 15 is 0 Å². The normalized spacial score (nSPS) is 13.3. The van der Waals surface area contributed by atoms with Crippen molar-refractivity contribution >= 4 is 5.78 Å². The standard InChI is InChI=1S/C8H14O/c1-5-8(9)7(4)6(2)3/h5-7H,1H2,2-4H3/t7-/m1/s1. The Labute approximate surface area is 56.8 Å². The van der Waals surface area contributed by atoms with E-state index in [1.54, 1.807) is 0 Å². The molecule has 52 valence electrons. The van der Waals surface area contributed by atoms with Crippen molar-refractivity contribution in [1.82, 2.24) is 0 Å². The number of carbonyl (C=O) groups excluding carboxylic acids is 1. The van der Waals surface area contributed by atoms with Gasteiger partial charge in [0.15, 0.2) is 5.78 Å². The number of hydrogen-bond acceptors (Lipinski definition) is 1. The Hall–Kier alpha value is -0.590. The second-order valence-corrected chi connectivity index (χ2v) is 2.64. The zero-order valence-electron chi connectivity index (χ0n) is 6.35. The summed E-state index contributed by atoms with van der Waals surface area (Å²) in [6, 6.07) is 0. The Morgan fingerprint density at radius 3 is 2.00 bits per heavy atom. The highest BCUT2D eigenvalue weighted by molar-refractivity contribution is 5.91. The Bertz CT molecular complexity index is 114. The number of ketones is 1. The fraction of sp³-hybridized carbons (Fsp3) is 0.625. The molecule has 9 heavy (non-hydrogen) atoms. The summed E-state index contributed by atoms with van der Waals surface area (Å²) in [6.07, 6.45) is 1.39. The van der Waals surface area contributed by atoms with Crippen molar-refractivity contribution < 1.29 is 4.79 Å². The van der Waals surface area contributed by atoms with E-state index in [2.05, 4.69) is 6.58 Å². The summed E-state index contributed by atoms with van der Waals surface area (Å²) in [5, 5.41) is 0. The Balaban J connectivity index is 3.87. The van der Waals surface area contributed by atoms with Crippen LogP contribution >= 0.6 is 0 Å². The summed E-state index contributed by atoms with van der Waals surface area (Å²) in [5.41, 5.74) is 0. The Kier molecular flexibility index (Phi) is 3.21. The number of allylic oxidation sites excluding steroid dienone is 1. The van der Waals surface area contributed by atoms with Crippen molar-refractivity contribution in [2.75, 3.05) is 0 Å². The average molecular weight is 126 g/mol. The quantitative estimate of drug-likeness (QED) is 0.529. The summed E-state index contributed by atoms with van der Waals surface area (Å²) in [7, 11) is 0. The minimum absolute atomic E-state index is 0.127. The first-order valence-corrected chi connectivity index (χ1v) is 3.26. The molecule has 0 aromatic rings. The van der Waals surface area contributed by atoms with Gasteiger partial charge in [-0.3, -0.25) is 4.79 Å². The fourth-order valence-corrected chi connectivity index (χ4v) is 0.514. The predicted octanol–water partition coefficient (Wildman–Crippen LogP) is 2.03. The lowest BCUT2D eigenvalue weighted by atomic mass is 9.94. The summed E-state index contributed by atoms with van der Waals surface area (Å²) in [5.74, 6) is 0.697. The van der Waals surface area contributed by atoms with Gasteiger partial charge in [-0.2, -0.15) is 0 Å². The minimum atomic E-state index is 0.127. The van der Waals surface area contributed by atoms with Gasteiger partial charge in [0.25, 0.3) is 0 Å². The fourth-order valence-electron chi connectivity index (χ4n) is 0.514. The number of hydrogen-bond donors (Lipinski definition) is 0. The first kappa shape index (κ1) is 8.41. The molecule has 0 aromatic heterocycles. The van der Waals surface area contributed by atoms with E-state index in [0.717, 1.165) is 0 Å². The minimum Gasteiger partial charge on any atom is -0.295 e. The molecule has 0 N–H and O–H groups in total. The van der Waals surface area contributed by atoms with E-state index in [1.165, 1.54) is 6.08 Å². The molecule has 1 heteroatoms. The highest BCUT2D eigenvalue weighted by atomic mass is 16.1. The zero-order valence-corrected chi connectivity index (χ0v) is 6.35. The summed E-state index contributed by atoms with van der Waals surface area (Å²) in [6.45, 7) is 9.41. The maximum Gasteiger partial charge on any atom is 0.158 e. The SMILES string of the molecule is C=CC(=O)[C@H](C)C(C)C. The molecule has 0 fully saturated rings. The highest BCUT2D eigenvalue weighted by Gasteiger charge is 2.12. The van der Waals surface area contributed by atoms with Gasteiger partial charge in [0, 0.05) is 5.92 Å². The van der Waals surface area contributed by atoms with Crippen LogP contribution in [-0.2, 0) is 4.79 Å². The van der Waals surface area contributed by atoms with Crippen molar-refractivity contribution in [3.05, 3.63) is 12.7 Å². The van der Waals surface area contributed by atoms with Gasteiger partial charge in [0.2, 0.25) is 0 Å². The van der Waals surface area contributed by atoms with Crippen molar-refractivity contribution in [1.29, 1.82) is 0 Å². The predicted molar refractivity (Wildman–Crippen MR) is 39.2 cm³/mol. The van der Waals surface area contributed by atoms with E-state index in [-0.39, 0.29) is 11.7 Å². The molecule has 0 aliphatic carbocycles. The molecule has 0 aliphatic heterocycles. The molecule has 0 radical (unpaired) electrons. The Morgan fingerprint density at radius 1 is 1.44 bits per heavy atom. The highest BCUT2D eigenvalue weighted by Crippen LogP contribution is 2.10. The average Bonchev–Trinajstić information content (AvgIpc) is 1.84. The molecule has 1 atom stereocenters. The lowest BCUT2D eigenvalue weighted by molar-refractivity contribution is -0.118. The van der Waals surface area contributed by atoms with Crippen LogP contribution < -0.4 is 0 Å². The van der Waals surface area contributed by atoms with Crippen LogP contribution in [-0.4, -0.2) is 5.78 Å². The maximum absolute atomic E-state index is 10.8.